The molecule has 0 nitrogen and oxygen atoms in total. The topological polar surface area (TPSA) is 0 Å². The molecule has 0 bridgehead atoms. The number of hydrogen-bond acceptors (Lipinski definition) is 1. The van der Waals surface area contributed by atoms with Crippen LogP contribution in [0.4, 0.5) is 8.78 Å². The first-order valence-electron chi connectivity index (χ1n) is 6.83. The lowest BCUT2D eigenvalue weighted by Crippen LogP contribution is -1.98. The van der Waals surface area contributed by atoms with Crippen LogP contribution < -0.4 is 0 Å². The van der Waals surface area contributed by atoms with E-state index in [4.69, 9.17) is 11.6 Å². The van der Waals surface area contributed by atoms with Gasteiger partial charge in [0.05, 0.1) is 5.38 Å². The SMILES string of the molecule is Fc1ccc(CC(Cl)c2cc3c(s2)CCCC3)c(F)c1. The number of aryl methyl sites for hydroxylation is 2. The molecule has 1 heterocycles. The van der Waals surface area contributed by atoms with Crippen molar-refractivity contribution in [3.05, 3.63) is 56.8 Å². The van der Waals surface area contributed by atoms with Crippen molar-refractivity contribution in [1.82, 2.24) is 0 Å². The van der Waals surface area contributed by atoms with Crippen LogP contribution in [0.5, 0.6) is 0 Å². The minimum absolute atomic E-state index is 0.245. The zero-order chi connectivity index (χ0) is 14.1. The van der Waals surface area contributed by atoms with E-state index in [2.05, 4.69) is 6.07 Å². The van der Waals surface area contributed by atoms with Gasteiger partial charge in [0, 0.05) is 15.8 Å². The summed E-state index contributed by atoms with van der Waals surface area (Å²) in [4.78, 5) is 2.53. The lowest BCUT2D eigenvalue weighted by atomic mass is 9.98. The molecule has 0 saturated carbocycles. The molecular formula is C16H15ClF2S. The summed E-state index contributed by atoms with van der Waals surface area (Å²) in [5.41, 5.74) is 1.87. The summed E-state index contributed by atoms with van der Waals surface area (Å²) in [6.45, 7) is 0. The highest BCUT2D eigenvalue weighted by atomic mass is 35.5. The first kappa shape index (κ1) is 14.0. The van der Waals surface area contributed by atoms with Crippen molar-refractivity contribution in [2.24, 2.45) is 0 Å². The van der Waals surface area contributed by atoms with Crippen LogP contribution in [0.3, 0.4) is 0 Å². The van der Waals surface area contributed by atoms with E-state index in [1.165, 1.54) is 35.4 Å². The molecule has 0 aliphatic heterocycles. The fourth-order valence-electron chi connectivity index (χ4n) is 2.65. The van der Waals surface area contributed by atoms with Gasteiger partial charge < -0.3 is 0 Å². The number of fused-ring (bicyclic) bond motifs is 1. The number of halogens is 3. The van der Waals surface area contributed by atoms with Gasteiger partial charge in [0.1, 0.15) is 11.6 Å². The fourth-order valence-corrected chi connectivity index (χ4v) is 4.25. The Morgan fingerprint density at radius 2 is 1.95 bits per heavy atom. The Morgan fingerprint density at radius 1 is 1.15 bits per heavy atom. The summed E-state index contributed by atoms with van der Waals surface area (Å²) in [5.74, 6) is -1.07. The Hall–Kier alpha value is -0.930. The Morgan fingerprint density at radius 3 is 2.70 bits per heavy atom. The summed E-state index contributed by atoms with van der Waals surface area (Å²) in [5, 5.41) is -0.245. The number of hydrogen-bond donors (Lipinski definition) is 0. The average molecular weight is 313 g/mol. The molecule has 0 fully saturated rings. The predicted molar refractivity (Wildman–Crippen MR) is 79.6 cm³/mol. The third-order valence-corrected chi connectivity index (χ3v) is 5.61. The van der Waals surface area contributed by atoms with E-state index in [1.807, 2.05) is 0 Å². The molecule has 1 aromatic heterocycles. The molecule has 20 heavy (non-hydrogen) atoms. The van der Waals surface area contributed by atoms with E-state index >= 15 is 0 Å². The molecule has 106 valence electrons. The van der Waals surface area contributed by atoms with Crippen LogP contribution in [-0.4, -0.2) is 0 Å². The first-order chi connectivity index (χ1) is 9.63. The Labute approximate surface area is 126 Å². The van der Waals surface area contributed by atoms with Gasteiger partial charge in [-0.15, -0.1) is 22.9 Å². The molecule has 3 rings (SSSR count). The minimum atomic E-state index is -0.552. The second-order valence-electron chi connectivity index (χ2n) is 5.21. The van der Waals surface area contributed by atoms with Crippen molar-refractivity contribution in [2.75, 3.05) is 0 Å². The zero-order valence-corrected chi connectivity index (χ0v) is 12.5. The monoisotopic (exact) mass is 312 g/mol. The maximum Gasteiger partial charge on any atom is 0.129 e. The van der Waals surface area contributed by atoms with Crippen LogP contribution in [0.1, 0.15) is 39.1 Å². The summed E-state index contributed by atoms with van der Waals surface area (Å²) >= 11 is 8.17. The largest absolute Gasteiger partial charge is 0.207 e. The highest BCUT2D eigenvalue weighted by Gasteiger charge is 2.19. The van der Waals surface area contributed by atoms with Crippen molar-refractivity contribution in [3.8, 4) is 0 Å². The lowest BCUT2D eigenvalue weighted by molar-refractivity contribution is 0.571. The molecular weight excluding hydrogens is 298 g/mol. The molecule has 1 aliphatic carbocycles. The summed E-state index contributed by atoms with van der Waals surface area (Å²) in [6, 6.07) is 5.84. The van der Waals surface area contributed by atoms with Crippen molar-refractivity contribution >= 4 is 22.9 Å². The molecule has 1 unspecified atom stereocenters. The van der Waals surface area contributed by atoms with Crippen molar-refractivity contribution in [2.45, 2.75) is 37.5 Å². The number of benzene rings is 1. The standard InChI is InChI=1S/C16H15ClF2S/c17-13(7-10-5-6-12(18)9-14(10)19)16-8-11-3-1-2-4-15(11)20-16/h5-6,8-9,13H,1-4,7H2. The third kappa shape index (κ3) is 2.89. The number of rotatable bonds is 3. The smallest absolute Gasteiger partial charge is 0.129 e. The minimum Gasteiger partial charge on any atom is -0.207 e. The molecule has 0 N–H and O–H groups in total. The van der Waals surface area contributed by atoms with Crippen molar-refractivity contribution in [3.63, 3.8) is 0 Å². The average Bonchev–Trinajstić information content (AvgIpc) is 2.86. The number of thiophene rings is 1. The maximum absolute atomic E-state index is 13.7. The van der Waals surface area contributed by atoms with Crippen LogP contribution in [0.25, 0.3) is 0 Å². The van der Waals surface area contributed by atoms with Crippen LogP contribution in [0, 0.1) is 11.6 Å². The van der Waals surface area contributed by atoms with Gasteiger partial charge in [-0.1, -0.05) is 6.07 Å². The Kier molecular flexibility index (Phi) is 4.08. The summed E-state index contributed by atoms with van der Waals surface area (Å²) < 4.78 is 26.5. The predicted octanol–water partition coefficient (Wildman–Crippen LogP) is 5.43. The Balaban J connectivity index is 1.78. The van der Waals surface area contributed by atoms with Gasteiger partial charge >= 0.3 is 0 Å². The highest BCUT2D eigenvalue weighted by Crippen LogP contribution is 2.37. The van der Waals surface area contributed by atoms with Gasteiger partial charge in [0.2, 0.25) is 0 Å². The van der Waals surface area contributed by atoms with E-state index in [9.17, 15) is 8.78 Å². The zero-order valence-electron chi connectivity index (χ0n) is 11.0. The molecule has 4 heteroatoms. The highest BCUT2D eigenvalue weighted by molar-refractivity contribution is 7.12. The van der Waals surface area contributed by atoms with Gasteiger partial charge in [-0.05, 0) is 55.4 Å². The van der Waals surface area contributed by atoms with Gasteiger partial charge in [0.25, 0.3) is 0 Å². The molecule has 1 aliphatic rings. The molecule has 1 atom stereocenters. The summed E-state index contributed by atoms with van der Waals surface area (Å²) in [6.07, 6.45) is 5.14. The van der Waals surface area contributed by atoms with Gasteiger partial charge in [-0.2, -0.15) is 0 Å². The third-order valence-electron chi connectivity index (χ3n) is 3.74. The summed E-state index contributed by atoms with van der Waals surface area (Å²) in [7, 11) is 0. The Bertz CT molecular complexity index is 597. The van der Waals surface area contributed by atoms with E-state index in [0.29, 0.717) is 12.0 Å². The maximum atomic E-state index is 13.7. The van der Waals surface area contributed by atoms with Crippen molar-refractivity contribution in [1.29, 1.82) is 0 Å². The molecule has 0 amide bonds. The fraction of sp³-hybridized carbons (Fsp3) is 0.375. The van der Waals surface area contributed by atoms with Crippen molar-refractivity contribution < 1.29 is 8.78 Å². The van der Waals surface area contributed by atoms with E-state index in [1.54, 1.807) is 11.3 Å². The lowest BCUT2D eigenvalue weighted by Gasteiger charge is -2.08. The molecule has 0 saturated heterocycles. The van der Waals surface area contributed by atoms with Crippen LogP contribution in [0.2, 0.25) is 0 Å². The normalized spacial score (nSPS) is 15.9. The van der Waals surface area contributed by atoms with Crippen LogP contribution >= 0.6 is 22.9 Å². The van der Waals surface area contributed by atoms with Gasteiger partial charge in [-0.25, -0.2) is 8.78 Å². The molecule has 0 radical (unpaired) electrons. The van der Waals surface area contributed by atoms with Gasteiger partial charge in [0.15, 0.2) is 0 Å². The first-order valence-corrected chi connectivity index (χ1v) is 8.08. The van der Waals surface area contributed by atoms with E-state index in [-0.39, 0.29) is 5.38 Å². The molecule has 2 aromatic rings. The second-order valence-corrected chi connectivity index (χ2v) is 6.91. The molecule has 1 aromatic carbocycles. The van der Waals surface area contributed by atoms with E-state index < -0.39 is 11.6 Å². The second kappa shape index (κ2) is 5.82. The van der Waals surface area contributed by atoms with Crippen LogP contribution in [-0.2, 0) is 19.3 Å². The van der Waals surface area contributed by atoms with Gasteiger partial charge in [-0.3, -0.25) is 0 Å². The molecule has 0 spiro atoms. The quantitative estimate of drug-likeness (QED) is 0.663. The van der Waals surface area contributed by atoms with E-state index in [0.717, 1.165) is 23.8 Å². The number of alkyl halides is 1. The van der Waals surface area contributed by atoms with Crippen LogP contribution in [0.15, 0.2) is 24.3 Å².